The molecule has 2 amide bonds. The molecule has 0 bridgehead atoms. The largest absolute Gasteiger partial charge is 0.368 e. The first-order valence-electron chi connectivity index (χ1n) is 8.57. The molecule has 1 N–H and O–H groups in total. The molecule has 2 aliphatic heterocycles. The number of hydrogen-bond donors (Lipinski definition) is 1. The highest BCUT2D eigenvalue weighted by molar-refractivity contribution is 7.08. The zero-order valence-corrected chi connectivity index (χ0v) is 14.7. The van der Waals surface area contributed by atoms with Crippen molar-refractivity contribution < 1.29 is 9.53 Å². The summed E-state index contributed by atoms with van der Waals surface area (Å²) in [7, 11) is 0. The second-order valence-electron chi connectivity index (χ2n) is 6.22. The van der Waals surface area contributed by atoms with Crippen LogP contribution in [0, 0.1) is 0 Å². The highest BCUT2D eigenvalue weighted by atomic mass is 32.1. The maximum Gasteiger partial charge on any atom is 0.322 e. The van der Waals surface area contributed by atoms with Gasteiger partial charge in [0, 0.05) is 31.2 Å². The average Bonchev–Trinajstić information content (AvgIpc) is 3.36. The summed E-state index contributed by atoms with van der Waals surface area (Å²) in [6.07, 6.45) is 3.93. The third-order valence-corrected chi connectivity index (χ3v) is 5.19. The molecular formula is C17H21N5O2S. The number of carbonyl (C=O) groups excluding carboxylic acids is 1. The van der Waals surface area contributed by atoms with Gasteiger partial charge in [-0.2, -0.15) is 11.3 Å². The summed E-state index contributed by atoms with van der Waals surface area (Å²) < 4.78 is 5.87. The summed E-state index contributed by atoms with van der Waals surface area (Å²) in [6.45, 7) is 3.59. The Bertz CT molecular complexity index is 718. The lowest BCUT2D eigenvalue weighted by molar-refractivity contribution is -0.0157. The number of nitrogens with one attached hydrogen (secondary N) is 1. The molecule has 0 radical (unpaired) electrons. The molecule has 2 saturated heterocycles. The van der Waals surface area contributed by atoms with Gasteiger partial charge in [-0.3, -0.25) is 0 Å². The number of aromatic nitrogens is 2. The van der Waals surface area contributed by atoms with E-state index in [2.05, 4.69) is 20.2 Å². The first-order valence-corrected chi connectivity index (χ1v) is 9.51. The minimum absolute atomic E-state index is 0.0967. The fraction of sp³-hybridized carbons (Fsp3) is 0.471. The summed E-state index contributed by atoms with van der Waals surface area (Å²) in [5, 5.41) is 6.78. The predicted octanol–water partition coefficient (Wildman–Crippen LogP) is 2.74. The summed E-state index contributed by atoms with van der Waals surface area (Å²) in [4.78, 5) is 25.5. The fourth-order valence-electron chi connectivity index (χ4n) is 3.16. The minimum Gasteiger partial charge on any atom is -0.368 e. The average molecular weight is 359 g/mol. The van der Waals surface area contributed by atoms with Gasteiger partial charge < -0.3 is 19.9 Å². The molecule has 1 atom stereocenters. The van der Waals surface area contributed by atoms with Gasteiger partial charge in [0.1, 0.15) is 6.10 Å². The zero-order chi connectivity index (χ0) is 17.1. The number of morpholine rings is 1. The number of urea groups is 1. The quantitative estimate of drug-likeness (QED) is 0.912. The van der Waals surface area contributed by atoms with Gasteiger partial charge in [-0.1, -0.05) is 0 Å². The van der Waals surface area contributed by atoms with Gasteiger partial charge in [-0.25, -0.2) is 14.8 Å². The van der Waals surface area contributed by atoms with Crippen LogP contribution in [0.2, 0.25) is 0 Å². The first-order chi connectivity index (χ1) is 12.3. The van der Waals surface area contributed by atoms with Crippen molar-refractivity contribution in [1.29, 1.82) is 0 Å². The highest BCUT2D eigenvalue weighted by Gasteiger charge is 2.27. The van der Waals surface area contributed by atoms with Crippen molar-refractivity contribution in [2.75, 3.05) is 43.0 Å². The lowest BCUT2D eigenvalue weighted by atomic mass is 10.2. The van der Waals surface area contributed by atoms with E-state index in [1.807, 2.05) is 22.9 Å². The number of amides is 2. The molecule has 2 fully saturated rings. The fourth-order valence-corrected chi connectivity index (χ4v) is 3.75. The van der Waals surface area contributed by atoms with Crippen LogP contribution in [0.15, 0.2) is 29.1 Å². The lowest BCUT2D eigenvalue weighted by Gasteiger charge is -2.32. The number of nitrogens with zero attached hydrogens (tertiary/aromatic N) is 4. The Balaban J connectivity index is 1.44. The standard InChI is InChI=1S/C17H21N5O2S/c23-17(19-13-4-10-25-12-13)22-8-9-24-15(11-22)14-3-5-18-16(20-14)21-6-1-2-7-21/h3-5,10,12,15H,1-2,6-9,11H2,(H,19,23)/t15-/m0/s1. The molecule has 0 saturated carbocycles. The number of ether oxygens (including phenoxy) is 1. The molecule has 7 nitrogen and oxygen atoms in total. The third kappa shape index (κ3) is 3.74. The van der Waals surface area contributed by atoms with Crippen molar-refractivity contribution in [1.82, 2.24) is 14.9 Å². The summed E-state index contributed by atoms with van der Waals surface area (Å²) in [5.41, 5.74) is 1.67. The van der Waals surface area contributed by atoms with Gasteiger partial charge in [-0.15, -0.1) is 0 Å². The van der Waals surface area contributed by atoms with Crippen LogP contribution in [0.25, 0.3) is 0 Å². The van der Waals surface area contributed by atoms with Crippen molar-refractivity contribution >= 4 is 29.0 Å². The third-order valence-electron chi connectivity index (χ3n) is 4.51. The zero-order valence-electron chi connectivity index (χ0n) is 13.9. The van der Waals surface area contributed by atoms with Crippen LogP contribution in [0.5, 0.6) is 0 Å². The van der Waals surface area contributed by atoms with Gasteiger partial charge in [-0.05, 0) is 30.4 Å². The van der Waals surface area contributed by atoms with Crippen LogP contribution in [0.4, 0.5) is 16.4 Å². The molecule has 4 rings (SSSR count). The second-order valence-corrected chi connectivity index (χ2v) is 7.00. The molecule has 8 heteroatoms. The Morgan fingerprint density at radius 2 is 2.16 bits per heavy atom. The van der Waals surface area contributed by atoms with E-state index < -0.39 is 0 Å². The van der Waals surface area contributed by atoms with E-state index in [1.54, 1.807) is 22.4 Å². The Hall–Kier alpha value is -2.19. The number of anilines is 2. The lowest BCUT2D eigenvalue weighted by Crippen LogP contribution is -2.44. The molecule has 25 heavy (non-hydrogen) atoms. The van der Waals surface area contributed by atoms with E-state index in [-0.39, 0.29) is 12.1 Å². The number of hydrogen-bond acceptors (Lipinski definition) is 6. The highest BCUT2D eigenvalue weighted by Crippen LogP contribution is 2.24. The molecular weight excluding hydrogens is 338 g/mol. The normalized spacial score (nSPS) is 20.7. The van der Waals surface area contributed by atoms with Crippen LogP contribution in [-0.2, 0) is 4.74 Å². The maximum absolute atomic E-state index is 12.4. The molecule has 0 aliphatic carbocycles. The Morgan fingerprint density at radius 1 is 1.28 bits per heavy atom. The van der Waals surface area contributed by atoms with Crippen molar-refractivity contribution in [2.45, 2.75) is 18.9 Å². The Morgan fingerprint density at radius 3 is 2.96 bits per heavy atom. The van der Waals surface area contributed by atoms with Crippen LogP contribution in [0.1, 0.15) is 24.6 Å². The van der Waals surface area contributed by atoms with Crippen molar-refractivity contribution in [3.63, 3.8) is 0 Å². The Labute approximate surface area is 150 Å². The molecule has 2 aliphatic rings. The summed E-state index contributed by atoms with van der Waals surface area (Å²) >= 11 is 1.56. The predicted molar refractivity (Wildman–Crippen MR) is 97.1 cm³/mol. The monoisotopic (exact) mass is 359 g/mol. The first kappa shape index (κ1) is 16.3. The van der Waals surface area contributed by atoms with Crippen LogP contribution in [-0.4, -0.2) is 53.7 Å². The number of carbonyl (C=O) groups is 1. The smallest absolute Gasteiger partial charge is 0.322 e. The van der Waals surface area contributed by atoms with Gasteiger partial charge in [0.15, 0.2) is 0 Å². The maximum atomic E-state index is 12.4. The molecule has 0 unspecified atom stereocenters. The van der Waals surface area contributed by atoms with E-state index in [9.17, 15) is 4.79 Å². The molecule has 0 spiro atoms. The van der Waals surface area contributed by atoms with E-state index in [0.29, 0.717) is 19.7 Å². The second kappa shape index (κ2) is 7.37. The van der Waals surface area contributed by atoms with Gasteiger partial charge in [0.2, 0.25) is 5.95 Å². The summed E-state index contributed by atoms with van der Waals surface area (Å²) in [5.74, 6) is 0.762. The molecule has 2 aromatic rings. The summed E-state index contributed by atoms with van der Waals surface area (Å²) in [6, 6.07) is 3.68. The van der Waals surface area contributed by atoms with Crippen LogP contribution >= 0.6 is 11.3 Å². The number of rotatable bonds is 3. The van der Waals surface area contributed by atoms with Crippen molar-refractivity contribution in [3.05, 3.63) is 34.8 Å². The van der Waals surface area contributed by atoms with Gasteiger partial charge in [0.05, 0.1) is 24.5 Å². The topological polar surface area (TPSA) is 70.6 Å². The van der Waals surface area contributed by atoms with Crippen molar-refractivity contribution in [2.24, 2.45) is 0 Å². The van der Waals surface area contributed by atoms with Crippen LogP contribution in [0.3, 0.4) is 0 Å². The van der Waals surface area contributed by atoms with Gasteiger partial charge in [0.25, 0.3) is 0 Å². The van der Waals surface area contributed by atoms with Crippen LogP contribution < -0.4 is 10.2 Å². The van der Waals surface area contributed by atoms with E-state index in [4.69, 9.17) is 4.74 Å². The van der Waals surface area contributed by atoms with E-state index >= 15 is 0 Å². The number of thiophene rings is 1. The molecule has 4 heterocycles. The van der Waals surface area contributed by atoms with E-state index in [1.165, 1.54) is 12.8 Å². The molecule has 132 valence electrons. The van der Waals surface area contributed by atoms with Crippen molar-refractivity contribution in [3.8, 4) is 0 Å². The SMILES string of the molecule is O=C(Nc1ccsc1)N1CCO[C@H](c2ccnc(N3CCCC3)n2)C1. The minimum atomic E-state index is -0.216. The van der Waals surface area contributed by atoms with E-state index in [0.717, 1.165) is 30.4 Å². The molecule has 2 aromatic heterocycles. The molecule has 0 aromatic carbocycles. The van der Waals surface area contributed by atoms with Gasteiger partial charge >= 0.3 is 6.03 Å². The Kier molecular flexibility index (Phi) is 4.80.